The minimum Gasteiger partial charge on any atom is -0.393 e. The maximum atomic E-state index is 11.8. The van der Waals surface area contributed by atoms with E-state index < -0.39 is 0 Å². The molecule has 2 aliphatic rings. The fourth-order valence-electron chi connectivity index (χ4n) is 3.72. The highest BCUT2D eigenvalue weighted by atomic mass is 16.3. The molecule has 2 aliphatic carbocycles. The average molecular weight is 268 g/mol. The maximum absolute atomic E-state index is 11.8. The Morgan fingerprint density at radius 2 is 1.95 bits per heavy atom. The summed E-state index contributed by atoms with van der Waals surface area (Å²) in [7, 11) is 0. The van der Waals surface area contributed by atoms with Gasteiger partial charge in [-0.05, 0) is 38.5 Å². The molecule has 0 aromatic rings. The van der Waals surface area contributed by atoms with E-state index >= 15 is 0 Å². The third kappa shape index (κ3) is 3.81. The highest BCUT2D eigenvalue weighted by molar-refractivity contribution is 5.92. The zero-order chi connectivity index (χ0) is 14.7. The molecule has 2 bridgehead atoms. The largest absolute Gasteiger partial charge is 0.393 e. The van der Waals surface area contributed by atoms with Gasteiger partial charge in [0.05, 0.1) is 6.10 Å². The minimum atomic E-state index is -0.0958. The van der Waals surface area contributed by atoms with Crippen LogP contribution < -0.4 is 0 Å². The normalized spacial score (nSPS) is 32.9. The average Bonchev–Trinajstić information content (AvgIpc) is 2.79. The lowest BCUT2D eigenvalue weighted by molar-refractivity contribution is -0.134. The second-order valence-electron chi connectivity index (χ2n) is 7.40. The molecule has 2 saturated carbocycles. The number of Topliss-reactive ketones (excluding diaryl/α,β-unsaturated/α-hetero) is 1. The van der Waals surface area contributed by atoms with E-state index in [4.69, 9.17) is 5.11 Å². The van der Waals surface area contributed by atoms with Gasteiger partial charge in [0.1, 0.15) is 5.78 Å². The SMILES string of the molecule is CC1(C)C(=O)[C@]2(C)CC[C@H]1C2.CCCCCC(C)O. The van der Waals surface area contributed by atoms with Crippen molar-refractivity contribution in [2.75, 3.05) is 0 Å². The van der Waals surface area contributed by atoms with Gasteiger partial charge in [-0.2, -0.15) is 0 Å². The number of carbonyl (C=O) groups is 1. The molecule has 3 atom stereocenters. The van der Waals surface area contributed by atoms with Crippen molar-refractivity contribution in [3.63, 3.8) is 0 Å². The van der Waals surface area contributed by atoms with E-state index in [0.717, 1.165) is 19.3 Å². The zero-order valence-corrected chi connectivity index (χ0v) is 13.5. The van der Waals surface area contributed by atoms with Crippen molar-refractivity contribution < 1.29 is 9.90 Å². The topological polar surface area (TPSA) is 37.3 Å². The van der Waals surface area contributed by atoms with E-state index in [-0.39, 0.29) is 16.9 Å². The second-order valence-corrected chi connectivity index (χ2v) is 7.40. The first-order valence-electron chi connectivity index (χ1n) is 7.97. The summed E-state index contributed by atoms with van der Waals surface area (Å²) in [4.78, 5) is 11.8. The van der Waals surface area contributed by atoms with Crippen LogP contribution in [-0.4, -0.2) is 17.0 Å². The van der Waals surface area contributed by atoms with Crippen LogP contribution in [0.25, 0.3) is 0 Å². The van der Waals surface area contributed by atoms with Crippen LogP contribution in [0.3, 0.4) is 0 Å². The molecule has 112 valence electrons. The first-order valence-corrected chi connectivity index (χ1v) is 7.97. The van der Waals surface area contributed by atoms with Crippen molar-refractivity contribution in [2.24, 2.45) is 16.7 Å². The van der Waals surface area contributed by atoms with Crippen LogP contribution in [0.2, 0.25) is 0 Å². The van der Waals surface area contributed by atoms with Gasteiger partial charge in [0, 0.05) is 10.8 Å². The molecule has 1 N–H and O–H groups in total. The smallest absolute Gasteiger partial charge is 0.144 e. The molecule has 0 aliphatic heterocycles. The molecule has 0 amide bonds. The monoisotopic (exact) mass is 268 g/mol. The summed E-state index contributed by atoms with van der Waals surface area (Å²) in [6, 6.07) is 0. The molecule has 0 aromatic carbocycles. The minimum absolute atomic E-state index is 0.00694. The Morgan fingerprint density at radius 3 is 2.26 bits per heavy atom. The lowest BCUT2D eigenvalue weighted by Crippen LogP contribution is -2.35. The molecule has 2 rings (SSSR count). The van der Waals surface area contributed by atoms with Gasteiger partial charge in [0.15, 0.2) is 0 Å². The van der Waals surface area contributed by atoms with E-state index in [2.05, 4.69) is 27.7 Å². The first-order chi connectivity index (χ1) is 8.74. The maximum Gasteiger partial charge on any atom is 0.144 e. The van der Waals surface area contributed by atoms with Gasteiger partial charge in [-0.1, -0.05) is 47.0 Å². The molecule has 0 aromatic heterocycles. The molecular formula is C17H32O2. The van der Waals surface area contributed by atoms with Crippen molar-refractivity contribution in [1.29, 1.82) is 0 Å². The van der Waals surface area contributed by atoms with Crippen LogP contribution in [0, 0.1) is 16.7 Å². The molecule has 0 radical (unpaired) electrons. The van der Waals surface area contributed by atoms with Crippen molar-refractivity contribution in [3.8, 4) is 0 Å². The lowest BCUT2D eigenvalue weighted by Gasteiger charge is -2.31. The van der Waals surface area contributed by atoms with Gasteiger partial charge in [-0.15, -0.1) is 0 Å². The van der Waals surface area contributed by atoms with Crippen LogP contribution >= 0.6 is 0 Å². The van der Waals surface area contributed by atoms with Crippen LogP contribution in [0.5, 0.6) is 0 Å². The number of aliphatic hydroxyl groups excluding tert-OH is 1. The van der Waals surface area contributed by atoms with Crippen LogP contribution in [-0.2, 0) is 4.79 Å². The predicted octanol–water partition coefficient (Wildman–Crippen LogP) is 4.35. The van der Waals surface area contributed by atoms with E-state index in [1.807, 2.05) is 6.92 Å². The molecular weight excluding hydrogens is 236 g/mol. The number of unbranched alkanes of at least 4 members (excludes halogenated alkanes) is 2. The fourth-order valence-corrected chi connectivity index (χ4v) is 3.72. The standard InChI is InChI=1S/C10H16O.C7H16O/c1-9(2)7-4-5-10(3,6-7)8(9)11;1-3-4-5-6-7(2)8/h7H,4-6H2,1-3H3;7-8H,3-6H2,1-2H3/t7-,10+;/m0./s1. The number of aliphatic hydroxyl groups is 1. The van der Waals surface area contributed by atoms with E-state index in [1.54, 1.807) is 0 Å². The molecule has 2 nitrogen and oxygen atoms in total. The Balaban J connectivity index is 0.000000203. The molecule has 0 heterocycles. The highest BCUT2D eigenvalue weighted by Crippen LogP contribution is 2.59. The summed E-state index contributed by atoms with van der Waals surface area (Å²) in [5.41, 5.74) is 0.0567. The Hall–Kier alpha value is -0.370. The number of hydrogen-bond acceptors (Lipinski definition) is 2. The quantitative estimate of drug-likeness (QED) is 0.770. The fraction of sp³-hybridized carbons (Fsp3) is 0.941. The van der Waals surface area contributed by atoms with E-state index in [1.165, 1.54) is 25.7 Å². The summed E-state index contributed by atoms with van der Waals surface area (Å²) < 4.78 is 0. The van der Waals surface area contributed by atoms with Crippen LogP contribution in [0.1, 0.15) is 79.6 Å². The third-order valence-corrected chi connectivity index (χ3v) is 5.12. The number of carbonyl (C=O) groups excluding carboxylic acids is 1. The van der Waals surface area contributed by atoms with Crippen LogP contribution in [0.4, 0.5) is 0 Å². The molecule has 0 saturated heterocycles. The van der Waals surface area contributed by atoms with Crippen molar-refractivity contribution in [3.05, 3.63) is 0 Å². The predicted molar refractivity (Wildman–Crippen MR) is 80.1 cm³/mol. The Morgan fingerprint density at radius 1 is 1.32 bits per heavy atom. The molecule has 2 fully saturated rings. The summed E-state index contributed by atoms with van der Waals surface area (Å²) in [5, 5.41) is 8.78. The van der Waals surface area contributed by atoms with Gasteiger partial charge >= 0.3 is 0 Å². The van der Waals surface area contributed by atoms with Gasteiger partial charge in [0.2, 0.25) is 0 Å². The Kier molecular flexibility index (Phi) is 5.61. The van der Waals surface area contributed by atoms with Gasteiger partial charge in [-0.25, -0.2) is 0 Å². The molecule has 19 heavy (non-hydrogen) atoms. The summed E-state index contributed by atoms with van der Waals surface area (Å²) in [6.45, 7) is 10.4. The van der Waals surface area contributed by atoms with Crippen molar-refractivity contribution in [1.82, 2.24) is 0 Å². The summed E-state index contributed by atoms with van der Waals surface area (Å²) >= 11 is 0. The molecule has 1 unspecified atom stereocenters. The van der Waals surface area contributed by atoms with Crippen LogP contribution in [0.15, 0.2) is 0 Å². The molecule has 0 spiro atoms. The summed E-state index contributed by atoms with van der Waals surface area (Å²) in [5.74, 6) is 1.20. The van der Waals surface area contributed by atoms with Gasteiger partial charge in [-0.3, -0.25) is 4.79 Å². The van der Waals surface area contributed by atoms with Gasteiger partial charge in [0.25, 0.3) is 0 Å². The zero-order valence-electron chi connectivity index (χ0n) is 13.5. The summed E-state index contributed by atoms with van der Waals surface area (Å²) in [6.07, 6.45) is 8.11. The lowest BCUT2D eigenvalue weighted by atomic mass is 9.72. The third-order valence-electron chi connectivity index (χ3n) is 5.12. The van der Waals surface area contributed by atoms with Crippen molar-refractivity contribution >= 4 is 5.78 Å². The number of hydrogen-bond donors (Lipinski definition) is 1. The van der Waals surface area contributed by atoms with E-state index in [9.17, 15) is 4.79 Å². The van der Waals surface area contributed by atoms with E-state index in [0.29, 0.717) is 11.7 Å². The molecule has 2 heteroatoms. The first kappa shape index (κ1) is 16.7. The second kappa shape index (κ2) is 6.39. The van der Waals surface area contributed by atoms with Gasteiger partial charge < -0.3 is 5.11 Å². The number of fused-ring (bicyclic) bond motifs is 2. The number of rotatable bonds is 4. The Bertz CT molecular complexity index is 300. The highest BCUT2D eigenvalue weighted by Gasteiger charge is 2.58. The Labute approximate surface area is 119 Å². The van der Waals surface area contributed by atoms with Crippen molar-refractivity contribution in [2.45, 2.75) is 85.7 Å². The number of ketones is 1.